The molecular weight excluding hydrogens is 366 g/mol. The third-order valence-electron chi connectivity index (χ3n) is 5.00. The Bertz CT molecular complexity index is 1280. The van der Waals surface area contributed by atoms with Crippen LogP contribution in [0.3, 0.4) is 0 Å². The quantitative estimate of drug-likeness (QED) is 0.569. The van der Waals surface area contributed by atoms with Gasteiger partial charge in [0.2, 0.25) is 0 Å². The largest absolute Gasteiger partial charge is 0.333 e. The van der Waals surface area contributed by atoms with Gasteiger partial charge >= 0.3 is 0 Å². The lowest BCUT2D eigenvalue weighted by atomic mass is 10.0. The summed E-state index contributed by atoms with van der Waals surface area (Å²) in [6.07, 6.45) is 1.42. The third-order valence-corrected chi connectivity index (χ3v) is 5.00. The molecule has 0 radical (unpaired) electrons. The normalized spacial score (nSPS) is 12.4. The maximum atomic E-state index is 13.8. The number of nitrogens with zero attached hydrogens (tertiary/aromatic N) is 2. The van der Waals surface area contributed by atoms with Crippen molar-refractivity contribution in [2.75, 3.05) is 7.05 Å². The lowest BCUT2D eigenvalue weighted by Gasteiger charge is -2.25. The topological polar surface area (TPSA) is 81.8 Å². The number of nitrogens with one attached hydrogen (secondary N) is 2. The van der Waals surface area contributed by atoms with Crippen molar-refractivity contribution in [1.82, 2.24) is 20.1 Å². The van der Waals surface area contributed by atoms with Gasteiger partial charge in [-0.1, -0.05) is 18.2 Å². The number of pyridine rings is 1. The number of hydrogen-bond donors (Lipinski definition) is 2. The van der Waals surface area contributed by atoms with E-state index < -0.39 is 23.2 Å². The molecule has 0 saturated heterocycles. The molecule has 2 N–H and O–H groups in total. The Morgan fingerprint density at radius 3 is 2.54 bits per heavy atom. The fourth-order valence-electron chi connectivity index (χ4n) is 3.30. The summed E-state index contributed by atoms with van der Waals surface area (Å²) >= 11 is 0. The van der Waals surface area contributed by atoms with Gasteiger partial charge in [-0.2, -0.15) is 5.10 Å². The molecule has 4 aromatic rings. The van der Waals surface area contributed by atoms with E-state index in [0.29, 0.717) is 10.9 Å². The summed E-state index contributed by atoms with van der Waals surface area (Å²) in [5.74, 6) is -2.50. The summed E-state index contributed by atoms with van der Waals surface area (Å²) in [6, 6.07) is 8.56. The SMILES string of the molecule is CC(c1c[nH]c(=O)c2cc(F)c(F)cc12)N(C)C(=O)c1n[nH]c2ccccc12. The molecule has 0 aliphatic carbocycles. The van der Waals surface area contributed by atoms with Gasteiger partial charge in [-0.05, 0) is 36.1 Å². The lowest BCUT2D eigenvalue weighted by Crippen LogP contribution is -2.30. The van der Waals surface area contributed by atoms with E-state index in [0.717, 1.165) is 17.6 Å². The molecular formula is C20H16F2N4O2. The van der Waals surface area contributed by atoms with Crippen molar-refractivity contribution in [2.45, 2.75) is 13.0 Å². The zero-order valence-corrected chi connectivity index (χ0v) is 15.1. The van der Waals surface area contributed by atoms with Crippen molar-refractivity contribution in [3.8, 4) is 0 Å². The number of benzene rings is 2. The van der Waals surface area contributed by atoms with Gasteiger partial charge in [0, 0.05) is 18.6 Å². The molecule has 0 fully saturated rings. The van der Waals surface area contributed by atoms with E-state index in [1.54, 1.807) is 20.0 Å². The molecule has 0 aliphatic rings. The Morgan fingerprint density at radius 2 is 1.79 bits per heavy atom. The van der Waals surface area contributed by atoms with Crippen molar-refractivity contribution < 1.29 is 13.6 Å². The summed E-state index contributed by atoms with van der Waals surface area (Å²) in [5, 5.41) is 7.89. The minimum absolute atomic E-state index is 0.0225. The van der Waals surface area contributed by atoms with Crippen molar-refractivity contribution in [2.24, 2.45) is 0 Å². The second-order valence-corrected chi connectivity index (χ2v) is 6.59. The Balaban J connectivity index is 1.78. The van der Waals surface area contributed by atoms with Gasteiger partial charge in [-0.25, -0.2) is 8.78 Å². The maximum absolute atomic E-state index is 13.8. The number of fused-ring (bicyclic) bond motifs is 2. The Labute approximate surface area is 157 Å². The van der Waals surface area contributed by atoms with E-state index in [4.69, 9.17) is 0 Å². The summed E-state index contributed by atoms with van der Waals surface area (Å²) in [5.41, 5.74) is 0.955. The van der Waals surface area contributed by atoms with Crippen LogP contribution < -0.4 is 5.56 Å². The number of rotatable bonds is 3. The number of amides is 1. The fourth-order valence-corrected chi connectivity index (χ4v) is 3.30. The number of aromatic nitrogens is 3. The summed E-state index contributed by atoms with van der Waals surface area (Å²) in [4.78, 5) is 29.0. The number of aromatic amines is 2. The molecule has 0 saturated carbocycles. The van der Waals surface area contributed by atoms with Crippen LogP contribution in [0.15, 0.2) is 47.4 Å². The minimum atomic E-state index is -1.10. The average Bonchev–Trinajstić information content (AvgIpc) is 3.12. The number of hydrogen-bond acceptors (Lipinski definition) is 3. The lowest BCUT2D eigenvalue weighted by molar-refractivity contribution is 0.0739. The van der Waals surface area contributed by atoms with Gasteiger partial charge in [0.05, 0.1) is 16.9 Å². The number of carbonyl (C=O) groups is 1. The highest BCUT2D eigenvalue weighted by Crippen LogP contribution is 2.28. The number of H-pyrrole nitrogens is 2. The van der Waals surface area contributed by atoms with Crippen molar-refractivity contribution in [3.63, 3.8) is 0 Å². The predicted molar refractivity (Wildman–Crippen MR) is 101 cm³/mol. The van der Waals surface area contributed by atoms with E-state index in [-0.39, 0.29) is 22.4 Å². The second-order valence-electron chi connectivity index (χ2n) is 6.59. The van der Waals surface area contributed by atoms with Crippen LogP contribution >= 0.6 is 0 Å². The molecule has 1 unspecified atom stereocenters. The van der Waals surface area contributed by atoms with Crippen LogP contribution in [0.25, 0.3) is 21.7 Å². The highest BCUT2D eigenvalue weighted by Gasteiger charge is 2.25. The van der Waals surface area contributed by atoms with Gasteiger partial charge in [0.1, 0.15) is 0 Å². The molecule has 0 spiro atoms. The van der Waals surface area contributed by atoms with Gasteiger partial charge in [-0.3, -0.25) is 14.7 Å². The number of para-hydroxylation sites is 1. The van der Waals surface area contributed by atoms with Crippen LogP contribution in [0.1, 0.15) is 29.0 Å². The third kappa shape index (κ3) is 2.74. The summed E-state index contributed by atoms with van der Waals surface area (Å²) in [6.45, 7) is 1.74. The molecule has 0 aliphatic heterocycles. The molecule has 2 aromatic heterocycles. The van der Waals surface area contributed by atoms with Crippen molar-refractivity contribution in [1.29, 1.82) is 0 Å². The van der Waals surface area contributed by atoms with Crippen LogP contribution in [-0.4, -0.2) is 33.0 Å². The first-order chi connectivity index (χ1) is 13.4. The molecule has 142 valence electrons. The Kier molecular flexibility index (Phi) is 4.18. The Hall–Kier alpha value is -3.55. The smallest absolute Gasteiger partial charge is 0.275 e. The molecule has 6 nitrogen and oxygen atoms in total. The molecule has 2 aromatic carbocycles. The monoisotopic (exact) mass is 382 g/mol. The van der Waals surface area contributed by atoms with E-state index in [1.165, 1.54) is 11.1 Å². The van der Waals surface area contributed by atoms with E-state index >= 15 is 0 Å². The maximum Gasteiger partial charge on any atom is 0.275 e. The van der Waals surface area contributed by atoms with Crippen molar-refractivity contribution >= 4 is 27.6 Å². The average molecular weight is 382 g/mol. The molecule has 0 bridgehead atoms. The van der Waals surface area contributed by atoms with Crippen LogP contribution in [0.5, 0.6) is 0 Å². The molecule has 28 heavy (non-hydrogen) atoms. The van der Waals surface area contributed by atoms with E-state index in [1.807, 2.05) is 18.2 Å². The zero-order chi connectivity index (χ0) is 20.0. The predicted octanol–water partition coefficient (Wildman–Crippen LogP) is 3.52. The molecule has 2 heterocycles. The number of halogens is 2. The first kappa shape index (κ1) is 17.8. The number of carbonyl (C=O) groups excluding carboxylic acids is 1. The summed E-state index contributed by atoms with van der Waals surface area (Å²) < 4.78 is 27.4. The van der Waals surface area contributed by atoms with Crippen LogP contribution in [0.2, 0.25) is 0 Å². The minimum Gasteiger partial charge on any atom is -0.333 e. The van der Waals surface area contributed by atoms with E-state index in [9.17, 15) is 18.4 Å². The van der Waals surface area contributed by atoms with Gasteiger partial charge in [0.15, 0.2) is 17.3 Å². The van der Waals surface area contributed by atoms with Crippen molar-refractivity contribution in [3.05, 3.63) is 75.8 Å². The standard InChI is InChI=1S/C20H16F2N4O2/c1-10(14-9-23-19(27)13-8-16(22)15(21)7-12(13)14)26(2)20(28)18-11-5-3-4-6-17(11)24-25-18/h3-10H,1-2H3,(H,23,27)(H,24,25). The van der Waals surface area contributed by atoms with Crippen LogP contribution in [0.4, 0.5) is 8.78 Å². The molecule has 8 heteroatoms. The van der Waals surface area contributed by atoms with Gasteiger partial charge < -0.3 is 9.88 Å². The zero-order valence-electron chi connectivity index (χ0n) is 15.1. The fraction of sp³-hybridized carbons (Fsp3) is 0.150. The second kappa shape index (κ2) is 6.56. The van der Waals surface area contributed by atoms with Gasteiger partial charge in [0.25, 0.3) is 11.5 Å². The van der Waals surface area contributed by atoms with Gasteiger partial charge in [-0.15, -0.1) is 0 Å². The van der Waals surface area contributed by atoms with Crippen LogP contribution in [0, 0.1) is 11.6 Å². The van der Waals surface area contributed by atoms with E-state index in [2.05, 4.69) is 15.2 Å². The highest BCUT2D eigenvalue weighted by atomic mass is 19.2. The first-order valence-electron chi connectivity index (χ1n) is 8.59. The Morgan fingerprint density at radius 1 is 1.11 bits per heavy atom. The van der Waals surface area contributed by atoms with Crippen LogP contribution in [-0.2, 0) is 0 Å². The summed E-state index contributed by atoms with van der Waals surface area (Å²) in [7, 11) is 1.59. The molecule has 1 atom stereocenters. The molecule has 4 rings (SSSR count). The highest BCUT2D eigenvalue weighted by molar-refractivity contribution is 6.04. The molecule has 1 amide bonds. The first-order valence-corrected chi connectivity index (χ1v) is 8.59.